The van der Waals surface area contributed by atoms with E-state index in [0.717, 1.165) is 0 Å². The molecule has 0 bridgehead atoms. The maximum atomic E-state index is 2.28. The van der Waals surface area contributed by atoms with E-state index in [1.807, 2.05) is 0 Å². The Bertz CT molecular complexity index is 243. The molecular formula is C13H22W. The molecule has 0 atom stereocenters. The summed E-state index contributed by atoms with van der Waals surface area (Å²) in [6.07, 6.45) is 6.78. The summed E-state index contributed by atoms with van der Waals surface area (Å²) in [4.78, 5) is 0. The Labute approximate surface area is 99.9 Å². The topological polar surface area (TPSA) is 0 Å². The first-order valence-corrected chi connectivity index (χ1v) is 6.71. The van der Waals surface area contributed by atoms with Gasteiger partial charge in [0.25, 0.3) is 0 Å². The van der Waals surface area contributed by atoms with Crippen molar-refractivity contribution < 1.29 is 19.4 Å². The molecule has 0 spiro atoms. The van der Waals surface area contributed by atoms with Gasteiger partial charge in [0, 0.05) is 0 Å². The molecule has 80 valence electrons. The van der Waals surface area contributed by atoms with Gasteiger partial charge in [0.05, 0.1) is 0 Å². The van der Waals surface area contributed by atoms with E-state index >= 15 is 0 Å². The molecule has 1 heteroatoms. The zero-order chi connectivity index (χ0) is 11.4. The average molecular weight is 362 g/mol. The fourth-order valence-corrected chi connectivity index (χ4v) is 1.50. The van der Waals surface area contributed by atoms with E-state index in [1.165, 1.54) is 24.9 Å². The van der Waals surface area contributed by atoms with Crippen molar-refractivity contribution in [1.82, 2.24) is 0 Å². The summed E-state index contributed by atoms with van der Waals surface area (Å²) >= 11 is 1.51. The van der Waals surface area contributed by atoms with Gasteiger partial charge in [-0.15, -0.1) is 0 Å². The van der Waals surface area contributed by atoms with Crippen LogP contribution in [0, 0.1) is 10.8 Å². The third-order valence-corrected chi connectivity index (χ3v) is 2.37. The predicted octanol–water partition coefficient (Wildman–Crippen LogP) is 3.91. The van der Waals surface area contributed by atoms with Gasteiger partial charge < -0.3 is 0 Å². The molecule has 0 heterocycles. The molecule has 0 saturated heterocycles. The molecule has 0 radical (unpaired) electrons. The quantitative estimate of drug-likeness (QED) is 0.654. The molecule has 14 heavy (non-hydrogen) atoms. The van der Waals surface area contributed by atoms with Crippen LogP contribution in [0.15, 0.2) is 23.8 Å². The van der Waals surface area contributed by atoms with Crippen molar-refractivity contribution in [1.29, 1.82) is 0 Å². The Balaban J connectivity index is 4.83. The van der Waals surface area contributed by atoms with Gasteiger partial charge in [-0.3, -0.25) is 0 Å². The molecule has 0 unspecified atom stereocenters. The van der Waals surface area contributed by atoms with Crippen LogP contribution in [0.3, 0.4) is 0 Å². The van der Waals surface area contributed by atoms with Crippen molar-refractivity contribution in [2.45, 2.75) is 41.5 Å². The van der Waals surface area contributed by atoms with E-state index in [0.29, 0.717) is 0 Å². The second-order valence-corrected chi connectivity index (χ2v) is 6.69. The molecule has 0 N–H and O–H groups in total. The van der Waals surface area contributed by atoms with Crippen LogP contribution >= 0.6 is 0 Å². The van der Waals surface area contributed by atoms with Gasteiger partial charge in [0.1, 0.15) is 0 Å². The van der Waals surface area contributed by atoms with Gasteiger partial charge >= 0.3 is 99.9 Å². The molecule has 0 aromatic carbocycles. The van der Waals surface area contributed by atoms with E-state index in [1.54, 1.807) is 0 Å². The SMILES string of the molecule is CC(C)(C)C=CC(=C[CH]=[W])C(C)(C)C. The zero-order valence-electron chi connectivity index (χ0n) is 10.2. The summed E-state index contributed by atoms with van der Waals surface area (Å²) in [5.74, 6) is 0. The van der Waals surface area contributed by atoms with Crippen molar-refractivity contribution in [3.63, 3.8) is 0 Å². The van der Waals surface area contributed by atoms with Crippen LogP contribution in [0.1, 0.15) is 41.5 Å². The third-order valence-electron chi connectivity index (χ3n) is 1.88. The van der Waals surface area contributed by atoms with Crippen molar-refractivity contribution in [3.05, 3.63) is 23.8 Å². The van der Waals surface area contributed by atoms with E-state index in [-0.39, 0.29) is 10.8 Å². The molecule has 0 aliphatic heterocycles. The fraction of sp³-hybridized carbons (Fsp3) is 0.615. The van der Waals surface area contributed by atoms with Crippen molar-refractivity contribution >= 4 is 4.40 Å². The molecular weight excluding hydrogens is 340 g/mol. The number of hydrogen-bond donors (Lipinski definition) is 0. The van der Waals surface area contributed by atoms with E-state index in [4.69, 9.17) is 0 Å². The molecule has 0 aromatic rings. The summed E-state index contributed by atoms with van der Waals surface area (Å²) in [5, 5.41) is 0. The number of rotatable bonds is 2. The Morgan fingerprint density at radius 2 is 1.50 bits per heavy atom. The summed E-state index contributed by atoms with van der Waals surface area (Å²) in [7, 11) is 0. The van der Waals surface area contributed by atoms with E-state index in [2.05, 4.69) is 64.2 Å². The predicted molar refractivity (Wildman–Crippen MR) is 62.2 cm³/mol. The van der Waals surface area contributed by atoms with Crippen LogP contribution < -0.4 is 0 Å². The van der Waals surface area contributed by atoms with Gasteiger partial charge in [-0.05, 0) is 0 Å². The summed E-state index contributed by atoms with van der Waals surface area (Å²) < 4.78 is 2.19. The second-order valence-electron chi connectivity index (χ2n) is 5.71. The van der Waals surface area contributed by atoms with Crippen LogP contribution in [0.4, 0.5) is 0 Å². The molecule has 0 rings (SSSR count). The Morgan fingerprint density at radius 3 is 1.79 bits per heavy atom. The van der Waals surface area contributed by atoms with Gasteiger partial charge in [0.15, 0.2) is 0 Å². The number of allylic oxidation sites excluding steroid dienone is 4. The Hall–Kier alpha value is 0.0383. The first-order valence-electron chi connectivity index (χ1n) is 5.02. The first kappa shape index (κ1) is 14.0. The average Bonchev–Trinajstić information content (AvgIpc) is 1.93. The molecule has 0 amide bonds. The van der Waals surface area contributed by atoms with Crippen LogP contribution in [0.25, 0.3) is 0 Å². The van der Waals surface area contributed by atoms with Gasteiger partial charge in [-0.1, -0.05) is 0 Å². The van der Waals surface area contributed by atoms with Crippen molar-refractivity contribution in [3.8, 4) is 0 Å². The van der Waals surface area contributed by atoms with Gasteiger partial charge in [0.2, 0.25) is 0 Å². The normalized spacial score (nSPS) is 14.9. The maximum absolute atomic E-state index is 2.28. The standard InChI is InChI=1S/C13H22.W/c1-8-11(13(5,6)7)9-10-12(2,3)4;/h1,8-10H,2-7H3;. The molecule has 0 nitrogen and oxygen atoms in total. The zero-order valence-corrected chi connectivity index (χ0v) is 13.2. The van der Waals surface area contributed by atoms with Crippen molar-refractivity contribution in [2.75, 3.05) is 0 Å². The molecule has 0 saturated carbocycles. The minimum absolute atomic E-state index is 0.244. The third kappa shape index (κ3) is 6.49. The first-order chi connectivity index (χ1) is 6.17. The Kier molecular flexibility index (Phi) is 5.23. The molecule has 0 aliphatic rings. The molecule has 0 aromatic heterocycles. The Morgan fingerprint density at radius 1 is 1.00 bits per heavy atom. The van der Waals surface area contributed by atoms with Gasteiger partial charge in [-0.25, -0.2) is 0 Å². The molecule has 0 fully saturated rings. The second kappa shape index (κ2) is 5.21. The summed E-state index contributed by atoms with van der Waals surface area (Å²) in [5.41, 5.74) is 1.92. The summed E-state index contributed by atoms with van der Waals surface area (Å²) in [6, 6.07) is 0. The van der Waals surface area contributed by atoms with Gasteiger partial charge in [-0.2, -0.15) is 0 Å². The summed E-state index contributed by atoms with van der Waals surface area (Å²) in [6.45, 7) is 13.4. The fourth-order valence-electron chi connectivity index (χ4n) is 0.969. The van der Waals surface area contributed by atoms with E-state index < -0.39 is 0 Å². The van der Waals surface area contributed by atoms with Crippen LogP contribution in [-0.4, -0.2) is 4.40 Å². The molecule has 0 aliphatic carbocycles. The monoisotopic (exact) mass is 362 g/mol. The minimum atomic E-state index is 0.244. The van der Waals surface area contributed by atoms with Crippen LogP contribution in [-0.2, 0) is 19.4 Å². The van der Waals surface area contributed by atoms with E-state index in [9.17, 15) is 0 Å². The van der Waals surface area contributed by atoms with Crippen LogP contribution in [0.2, 0.25) is 0 Å². The number of hydrogen-bond acceptors (Lipinski definition) is 0. The van der Waals surface area contributed by atoms with Crippen LogP contribution in [0.5, 0.6) is 0 Å². The van der Waals surface area contributed by atoms with Crippen molar-refractivity contribution in [2.24, 2.45) is 10.8 Å².